The normalized spacial score (nSPS) is 18.6. The number of hydrogen-bond acceptors (Lipinski definition) is 3. The molecule has 1 aliphatic heterocycles. The van der Waals surface area contributed by atoms with Gasteiger partial charge in [-0.3, -0.25) is 4.79 Å². The topological polar surface area (TPSA) is 32.3 Å². The van der Waals surface area contributed by atoms with E-state index in [0.29, 0.717) is 11.1 Å². The summed E-state index contributed by atoms with van der Waals surface area (Å²) in [7, 11) is 0. The van der Waals surface area contributed by atoms with Gasteiger partial charge in [0, 0.05) is 35.6 Å². The number of rotatable bonds is 3. The first kappa shape index (κ1) is 17.6. The molecule has 1 N–H and O–H groups in total. The minimum atomic E-state index is 0. The second-order valence-electron chi connectivity index (χ2n) is 4.68. The Bertz CT molecular complexity index is 470. The molecule has 0 radical (unpaired) electrons. The van der Waals surface area contributed by atoms with Gasteiger partial charge in [0.05, 0.1) is 5.56 Å². The summed E-state index contributed by atoms with van der Waals surface area (Å²) in [5.41, 5.74) is 0.730. The lowest BCUT2D eigenvalue weighted by molar-refractivity contribution is 0.0705. The zero-order valence-electron chi connectivity index (χ0n) is 11.7. The second kappa shape index (κ2) is 8.13. The van der Waals surface area contributed by atoms with Crippen LogP contribution in [0.4, 0.5) is 0 Å². The third-order valence-electron chi connectivity index (χ3n) is 3.13. The number of piperazine rings is 1. The Morgan fingerprint density at radius 3 is 2.95 bits per heavy atom. The first-order chi connectivity index (χ1) is 9.11. The Morgan fingerprint density at radius 1 is 1.55 bits per heavy atom. The van der Waals surface area contributed by atoms with E-state index in [9.17, 15) is 4.79 Å². The minimum Gasteiger partial charge on any atom is -0.336 e. The molecule has 0 spiro atoms. The maximum Gasteiger partial charge on any atom is 0.255 e. The van der Waals surface area contributed by atoms with Gasteiger partial charge in [-0.15, -0.1) is 24.2 Å². The zero-order valence-corrected chi connectivity index (χ0v) is 14.1. The summed E-state index contributed by atoms with van der Waals surface area (Å²) in [6.45, 7) is 6.54. The molecule has 3 nitrogen and oxygen atoms in total. The van der Waals surface area contributed by atoms with E-state index in [1.54, 1.807) is 17.8 Å². The van der Waals surface area contributed by atoms with Crippen molar-refractivity contribution >= 4 is 41.7 Å². The molecule has 0 bridgehead atoms. The average Bonchev–Trinajstić information content (AvgIpc) is 2.40. The number of thioether (sulfide) groups is 1. The predicted molar refractivity (Wildman–Crippen MR) is 88.5 cm³/mol. The number of nitrogens with one attached hydrogen (secondary N) is 1. The Hall–Kier alpha value is -0.420. The first-order valence-electron chi connectivity index (χ1n) is 6.56. The third kappa shape index (κ3) is 4.29. The van der Waals surface area contributed by atoms with Crippen molar-refractivity contribution in [2.75, 3.05) is 25.4 Å². The molecule has 2 rings (SSSR count). The average molecular weight is 335 g/mol. The molecule has 1 heterocycles. The highest BCUT2D eigenvalue weighted by molar-refractivity contribution is 7.99. The van der Waals surface area contributed by atoms with Crippen LogP contribution in [0, 0.1) is 0 Å². The maximum absolute atomic E-state index is 12.6. The van der Waals surface area contributed by atoms with E-state index in [4.69, 9.17) is 11.6 Å². The summed E-state index contributed by atoms with van der Waals surface area (Å²) in [4.78, 5) is 15.5. The van der Waals surface area contributed by atoms with E-state index in [1.807, 2.05) is 17.0 Å². The molecule has 0 aliphatic carbocycles. The molecule has 6 heteroatoms. The Morgan fingerprint density at radius 2 is 2.30 bits per heavy atom. The number of carbonyl (C=O) groups is 1. The van der Waals surface area contributed by atoms with Crippen molar-refractivity contribution in [2.24, 2.45) is 0 Å². The van der Waals surface area contributed by atoms with E-state index < -0.39 is 0 Å². The van der Waals surface area contributed by atoms with Crippen LogP contribution in [0.25, 0.3) is 0 Å². The zero-order chi connectivity index (χ0) is 13.8. The number of halogens is 2. The van der Waals surface area contributed by atoms with Crippen LogP contribution in [0.3, 0.4) is 0 Å². The molecule has 0 saturated carbocycles. The van der Waals surface area contributed by atoms with E-state index in [2.05, 4.69) is 19.2 Å². The van der Waals surface area contributed by atoms with Gasteiger partial charge in [-0.1, -0.05) is 18.5 Å². The molecule has 1 fully saturated rings. The van der Waals surface area contributed by atoms with Crippen molar-refractivity contribution < 1.29 is 4.79 Å². The summed E-state index contributed by atoms with van der Waals surface area (Å²) < 4.78 is 0. The smallest absolute Gasteiger partial charge is 0.255 e. The molecule has 0 aromatic heterocycles. The number of carbonyl (C=O) groups excluding carboxylic acids is 1. The van der Waals surface area contributed by atoms with E-state index in [1.165, 1.54) is 0 Å². The van der Waals surface area contributed by atoms with Crippen LogP contribution in [0.1, 0.15) is 24.2 Å². The summed E-state index contributed by atoms with van der Waals surface area (Å²) >= 11 is 7.72. The fourth-order valence-corrected chi connectivity index (χ4v) is 3.19. The SMILES string of the molecule is CCSc1ccc(Cl)cc1C(=O)N1CCNC(C)C1.Cl. The van der Waals surface area contributed by atoms with Crippen molar-refractivity contribution in [3.8, 4) is 0 Å². The summed E-state index contributed by atoms with van der Waals surface area (Å²) in [6.07, 6.45) is 0. The first-order valence-corrected chi connectivity index (χ1v) is 7.93. The van der Waals surface area contributed by atoms with Gasteiger partial charge in [0.25, 0.3) is 5.91 Å². The van der Waals surface area contributed by atoms with Crippen LogP contribution in [0.15, 0.2) is 23.1 Å². The van der Waals surface area contributed by atoms with Gasteiger partial charge in [-0.05, 0) is 30.9 Å². The molecule has 1 aromatic carbocycles. The van der Waals surface area contributed by atoms with Gasteiger partial charge in [0.2, 0.25) is 0 Å². The van der Waals surface area contributed by atoms with Gasteiger partial charge in [0.15, 0.2) is 0 Å². The van der Waals surface area contributed by atoms with E-state index in [-0.39, 0.29) is 18.3 Å². The Labute approximate surface area is 135 Å². The largest absolute Gasteiger partial charge is 0.336 e. The lowest BCUT2D eigenvalue weighted by Gasteiger charge is -2.32. The quantitative estimate of drug-likeness (QED) is 0.860. The molecule has 112 valence electrons. The van der Waals surface area contributed by atoms with Crippen molar-refractivity contribution in [1.29, 1.82) is 0 Å². The maximum atomic E-state index is 12.6. The van der Waals surface area contributed by atoms with Gasteiger partial charge in [-0.2, -0.15) is 0 Å². The number of hydrogen-bond donors (Lipinski definition) is 1. The fraction of sp³-hybridized carbons (Fsp3) is 0.500. The molecule has 20 heavy (non-hydrogen) atoms. The molecular formula is C14H20Cl2N2OS. The van der Waals surface area contributed by atoms with Gasteiger partial charge in [-0.25, -0.2) is 0 Å². The summed E-state index contributed by atoms with van der Waals surface area (Å²) in [5.74, 6) is 1.03. The van der Waals surface area contributed by atoms with Crippen molar-refractivity contribution in [3.63, 3.8) is 0 Å². The predicted octanol–water partition coefficient (Wildman–Crippen LogP) is 3.31. The van der Waals surface area contributed by atoms with Crippen LogP contribution in [-0.4, -0.2) is 42.2 Å². The summed E-state index contributed by atoms with van der Waals surface area (Å²) in [6, 6.07) is 5.92. The molecule has 1 saturated heterocycles. The van der Waals surface area contributed by atoms with Crippen LogP contribution >= 0.6 is 35.8 Å². The van der Waals surface area contributed by atoms with Crippen molar-refractivity contribution in [3.05, 3.63) is 28.8 Å². The highest BCUT2D eigenvalue weighted by Crippen LogP contribution is 2.27. The second-order valence-corrected chi connectivity index (χ2v) is 6.42. The molecular weight excluding hydrogens is 315 g/mol. The van der Waals surface area contributed by atoms with Crippen LogP contribution in [0.2, 0.25) is 5.02 Å². The highest BCUT2D eigenvalue weighted by Gasteiger charge is 2.23. The summed E-state index contributed by atoms with van der Waals surface area (Å²) in [5, 5.41) is 3.96. The molecule has 1 aromatic rings. The lowest BCUT2D eigenvalue weighted by atomic mass is 10.1. The monoisotopic (exact) mass is 334 g/mol. The van der Waals surface area contributed by atoms with Crippen LogP contribution < -0.4 is 5.32 Å². The van der Waals surface area contributed by atoms with Crippen LogP contribution in [0.5, 0.6) is 0 Å². The molecule has 1 unspecified atom stereocenters. The lowest BCUT2D eigenvalue weighted by Crippen LogP contribution is -2.51. The van der Waals surface area contributed by atoms with Crippen molar-refractivity contribution in [2.45, 2.75) is 24.8 Å². The Kier molecular flexibility index (Phi) is 7.17. The van der Waals surface area contributed by atoms with E-state index in [0.717, 1.165) is 35.8 Å². The standard InChI is InChI=1S/C14H19ClN2OS.ClH/c1-3-19-13-5-4-11(15)8-12(13)14(18)17-7-6-16-10(2)9-17;/h4-5,8,10,16H,3,6-7,9H2,1-2H3;1H. The molecule has 1 amide bonds. The number of nitrogens with zero attached hydrogens (tertiary/aromatic N) is 1. The Balaban J connectivity index is 0.00000200. The van der Waals surface area contributed by atoms with Crippen molar-refractivity contribution in [1.82, 2.24) is 10.2 Å². The minimum absolute atomic E-state index is 0. The molecule has 1 aliphatic rings. The van der Waals surface area contributed by atoms with E-state index >= 15 is 0 Å². The number of amides is 1. The number of benzene rings is 1. The fourth-order valence-electron chi connectivity index (χ4n) is 2.24. The third-order valence-corrected chi connectivity index (χ3v) is 4.32. The van der Waals surface area contributed by atoms with Crippen LogP contribution in [-0.2, 0) is 0 Å². The van der Waals surface area contributed by atoms with Gasteiger partial charge in [0.1, 0.15) is 0 Å². The highest BCUT2D eigenvalue weighted by atomic mass is 35.5. The van der Waals surface area contributed by atoms with Gasteiger partial charge >= 0.3 is 0 Å². The molecule has 1 atom stereocenters. The van der Waals surface area contributed by atoms with Gasteiger partial charge < -0.3 is 10.2 Å².